The molecular weight excluding hydrogens is 417 g/mol. The number of aliphatic imine (C=N–C) groups is 1. The molecular formula is C18H32IN3O2. The summed E-state index contributed by atoms with van der Waals surface area (Å²) >= 11 is 0. The van der Waals surface area contributed by atoms with Crippen LogP contribution in [0.2, 0.25) is 0 Å². The summed E-state index contributed by atoms with van der Waals surface area (Å²) < 4.78 is 11.8. The molecule has 4 fully saturated rings. The molecule has 2 unspecified atom stereocenters. The highest BCUT2D eigenvalue weighted by Crippen LogP contribution is 2.48. The molecule has 2 heterocycles. The number of guanidine groups is 1. The Morgan fingerprint density at radius 2 is 1.79 bits per heavy atom. The summed E-state index contributed by atoms with van der Waals surface area (Å²) in [6, 6.07) is 0. The van der Waals surface area contributed by atoms with E-state index in [-0.39, 0.29) is 36.2 Å². The summed E-state index contributed by atoms with van der Waals surface area (Å²) in [6.07, 6.45) is 8.56. The zero-order valence-electron chi connectivity index (χ0n) is 14.8. The van der Waals surface area contributed by atoms with Crippen LogP contribution in [0.1, 0.15) is 38.5 Å². The van der Waals surface area contributed by atoms with Gasteiger partial charge in [-0.1, -0.05) is 0 Å². The van der Waals surface area contributed by atoms with Crippen LogP contribution >= 0.6 is 24.0 Å². The van der Waals surface area contributed by atoms with Gasteiger partial charge < -0.3 is 19.7 Å². The molecule has 2 atom stereocenters. The number of morpholine rings is 1. The van der Waals surface area contributed by atoms with Crippen molar-refractivity contribution in [1.82, 2.24) is 10.2 Å². The molecule has 24 heavy (non-hydrogen) atoms. The van der Waals surface area contributed by atoms with Crippen LogP contribution in [0.4, 0.5) is 0 Å². The van der Waals surface area contributed by atoms with Crippen molar-refractivity contribution in [2.24, 2.45) is 22.7 Å². The number of nitrogens with zero attached hydrogens (tertiary/aromatic N) is 2. The van der Waals surface area contributed by atoms with Gasteiger partial charge in [-0.05, 0) is 56.3 Å². The maximum absolute atomic E-state index is 5.96. The highest BCUT2D eigenvalue weighted by molar-refractivity contribution is 14.0. The Morgan fingerprint density at radius 3 is 2.38 bits per heavy atom. The number of hydrogen-bond acceptors (Lipinski definition) is 3. The number of rotatable bonds is 5. The molecule has 0 aromatic carbocycles. The van der Waals surface area contributed by atoms with Crippen molar-refractivity contribution in [3.05, 3.63) is 0 Å². The van der Waals surface area contributed by atoms with Crippen molar-refractivity contribution < 1.29 is 9.47 Å². The fourth-order valence-electron chi connectivity index (χ4n) is 4.30. The van der Waals surface area contributed by atoms with E-state index in [0.29, 0.717) is 0 Å². The van der Waals surface area contributed by atoms with Crippen molar-refractivity contribution >= 4 is 29.9 Å². The Labute approximate surface area is 162 Å². The molecule has 0 spiro atoms. The molecule has 1 N–H and O–H groups in total. The van der Waals surface area contributed by atoms with Crippen LogP contribution in [-0.2, 0) is 9.47 Å². The molecule has 2 aliphatic carbocycles. The lowest BCUT2D eigenvalue weighted by Gasteiger charge is -2.37. The predicted molar refractivity (Wildman–Crippen MR) is 106 cm³/mol. The van der Waals surface area contributed by atoms with E-state index in [0.717, 1.165) is 63.0 Å². The van der Waals surface area contributed by atoms with E-state index in [1.807, 2.05) is 7.05 Å². The third-order valence-corrected chi connectivity index (χ3v) is 5.94. The standard InChI is InChI=1S/C18H31N3O2.HI/c1-19-18(20-11-15(13-4-5-13)14-6-7-14)21-8-10-23-17(12-21)16-3-2-9-22-16;/h13-17H,2-12H2,1H3,(H,19,20);1H. The number of hydrogen-bond donors (Lipinski definition) is 1. The van der Waals surface area contributed by atoms with Crippen LogP contribution < -0.4 is 5.32 Å². The SMILES string of the molecule is CN=C(NCC(C1CC1)C1CC1)N1CCOC(C2CCCO2)C1.I. The number of ether oxygens (including phenoxy) is 2. The van der Waals surface area contributed by atoms with Gasteiger partial charge in [0.05, 0.1) is 12.7 Å². The molecule has 5 nitrogen and oxygen atoms in total. The van der Waals surface area contributed by atoms with Gasteiger partial charge in [0.25, 0.3) is 0 Å². The van der Waals surface area contributed by atoms with Crippen molar-refractivity contribution in [3.63, 3.8) is 0 Å². The van der Waals surface area contributed by atoms with Gasteiger partial charge in [-0.15, -0.1) is 24.0 Å². The van der Waals surface area contributed by atoms with E-state index < -0.39 is 0 Å². The van der Waals surface area contributed by atoms with E-state index in [9.17, 15) is 0 Å². The highest BCUT2D eigenvalue weighted by atomic mass is 127. The Kier molecular flexibility index (Phi) is 6.65. The van der Waals surface area contributed by atoms with Crippen LogP contribution in [0.5, 0.6) is 0 Å². The first-order chi connectivity index (χ1) is 11.3. The van der Waals surface area contributed by atoms with E-state index in [2.05, 4.69) is 15.2 Å². The minimum Gasteiger partial charge on any atom is -0.375 e. The van der Waals surface area contributed by atoms with Crippen molar-refractivity contribution in [2.45, 2.75) is 50.7 Å². The molecule has 0 bridgehead atoms. The van der Waals surface area contributed by atoms with Gasteiger partial charge >= 0.3 is 0 Å². The summed E-state index contributed by atoms with van der Waals surface area (Å²) in [5, 5.41) is 3.67. The van der Waals surface area contributed by atoms with Crippen LogP contribution in [0.15, 0.2) is 4.99 Å². The van der Waals surface area contributed by atoms with E-state index in [1.54, 1.807) is 0 Å². The molecule has 138 valence electrons. The average Bonchev–Trinajstić information content (AvgIpc) is 3.52. The Hall–Kier alpha value is -0.0800. The zero-order valence-corrected chi connectivity index (χ0v) is 17.1. The second-order valence-corrected chi connectivity index (χ2v) is 7.67. The van der Waals surface area contributed by atoms with Crippen molar-refractivity contribution in [3.8, 4) is 0 Å². The smallest absolute Gasteiger partial charge is 0.193 e. The Balaban J connectivity index is 0.00000169. The maximum Gasteiger partial charge on any atom is 0.193 e. The second-order valence-electron chi connectivity index (χ2n) is 7.67. The molecule has 2 aliphatic heterocycles. The van der Waals surface area contributed by atoms with Gasteiger partial charge in [0.2, 0.25) is 0 Å². The van der Waals surface area contributed by atoms with Gasteiger partial charge in [-0.3, -0.25) is 4.99 Å². The molecule has 2 saturated heterocycles. The average molecular weight is 449 g/mol. The lowest BCUT2D eigenvalue weighted by Crippen LogP contribution is -2.54. The largest absolute Gasteiger partial charge is 0.375 e. The van der Waals surface area contributed by atoms with E-state index >= 15 is 0 Å². The van der Waals surface area contributed by atoms with Crippen LogP contribution in [0.3, 0.4) is 0 Å². The molecule has 0 amide bonds. The summed E-state index contributed by atoms with van der Waals surface area (Å²) in [5.74, 6) is 3.90. The quantitative estimate of drug-likeness (QED) is 0.398. The molecule has 2 saturated carbocycles. The minimum absolute atomic E-state index is 0. The molecule has 0 aromatic heterocycles. The van der Waals surface area contributed by atoms with Crippen LogP contribution in [0.25, 0.3) is 0 Å². The minimum atomic E-state index is 0. The number of nitrogens with one attached hydrogen (secondary N) is 1. The van der Waals surface area contributed by atoms with Gasteiger partial charge in [-0.25, -0.2) is 0 Å². The van der Waals surface area contributed by atoms with Crippen LogP contribution in [0, 0.1) is 17.8 Å². The summed E-state index contributed by atoms with van der Waals surface area (Å²) in [6.45, 7) is 4.61. The zero-order chi connectivity index (χ0) is 15.6. The molecule has 0 radical (unpaired) electrons. The van der Waals surface area contributed by atoms with Crippen molar-refractivity contribution in [2.75, 3.05) is 39.9 Å². The van der Waals surface area contributed by atoms with E-state index in [4.69, 9.17) is 9.47 Å². The topological polar surface area (TPSA) is 46.1 Å². The third kappa shape index (κ3) is 4.55. The van der Waals surface area contributed by atoms with Crippen molar-refractivity contribution in [1.29, 1.82) is 0 Å². The fraction of sp³-hybridized carbons (Fsp3) is 0.944. The van der Waals surface area contributed by atoms with Gasteiger partial charge in [0.1, 0.15) is 6.10 Å². The Morgan fingerprint density at radius 1 is 1.08 bits per heavy atom. The molecule has 4 rings (SSSR count). The monoisotopic (exact) mass is 449 g/mol. The second kappa shape index (κ2) is 8.54. The maximum atomic E-state index is 5.96. The van der Waals surface area contributed by atoms with Gasteiger partial charge in [0, 0.05) is 33.3 Å². The Bertz CT molecular complexity index is 422. The first kappa shape index (κ1) is 18.7. The first-order valence-electron chi connectivity index (χ1n) is 9.54. The normalized spacial score (nSPS) is 31.2. The molecule has 6 heteroatoms. The summed E-state index contributed by atoms with van der Waals surface area (Å²) in [7, 11) is 1.90. The predicted octanol–water partition coefficient (Wildman–Crippen LogP) is 2.50. The first-order valence-corrected chi connectivity index (χ1v) is 9.54. The molecule has 0 aromatic rings. The number of halogens is 1. The molecule has 4 aliphatic rings. The summed E-state index contributed by atoms with van der Waals surface area (Å²) in [5.41, 5.74) is 0. The fourth-order valence-corrected chi connectivity index (χ4v) is 4.30. The van der Waals surface area contributed by atoms with Gasteiger partial charge in [-0.2, -0.15) is 0 Å². The highest BCUT2D eigenvalue weighted by Gasteiger charge is 2.41. The third-order valence-electron chi connectivity index (χ3n) is 5.94. The van der Waals surface area contributed by atoms with Crippen LogP contribution in [-0.4, -0.2) is 63.0 Å². The summed E-state index contributed by atoms with van der Waals surface area (Å²) in [4.78, 5) is 6.91. The van der Waals surface area contributed by atoms with Gasteiger partial charge in [0.15, 0.2) is 5.96 Å². The van der Waals surface area contributed by atoms with E-state index in [1.165, 1.54) is 32.1 Å². The lowest BCUT2D eigenvalue weighted by atomic mass is 9.98. The lowest BCUT2D eigenvalue weighted by molar-refractivity contribution is -0.0817.